The van der Waals surface area contributed by atoms with Crippen molar-refractivity contribution >= 4 is 18.7 Å². The standard InChI is InChI=1S/C26H33NO3Si/c1-5-13-22(27-19-21-29-25(27)28)14-12-20-30-31(26(2,3)4,23-15-8-6-9-16-23)24-17-10-7-11-18-24/h5-11,15-19,21-22H,1,12-14,20H2,2-4H3/t22-/m0/s1. The van der Waals surface area contributed by atoms with Gasteiger partial charge in [-0.3, -0.25) is 4.57 Å². The zero-order chi connectivity index (χ0) is 22.3. The van der Waals surface area contributed by atoms with Crippen LogP contribution >= 0.6 is 0 Å². The van der Waals surface area contributed by atoms with Crippen LogP contribution in [-0.4, -0.2) is 19.5 Å². The van der Waals surface area contributed by atoms with Gasteiger partial charge in [0.15, 0.2) is 0 Å². The molecule has 0 fully saturated rings. The van der Waals surface area contributed by atoms with Crippen molar-refractivity contribution in [3.63, 3.8) is 0 Å². The van der Waals surface area contributed by atoms with Crippen molar-refractivity contribution in [2.75, 3.05) is 6.61 Å². The molecule has 5 heteroatoms. The third-order valence-corrected chi connectivity index (χ3v) is 10.9. The van der Waals surface area contributed by atoms with Crippen LogP contribution in [-0.2, 0) is 4.43 Å². The molecule has 0 saturated carbocycles. The van der Waals surface area contributed by atoms with Crippen molar-refractivity contribution in [3.05, 3.63) is 96.3 Å². The Morgan fingerprint density at radius 3 is 2.10 bits per heavy atom. The third kappa shape index (κ3) is 5.00. The van der Waals surface area contributed by atoms with E-state index in [0.717, 1.165) is 19.3 Å². The lowest BCUT2D eigenvalue weighted by Crippen LogP contribution is -2.66. The second-order valence-corrected chi connectivity index (χ2v) is 13.2. The van der Waals surface area contributed by atoms with Gasteiger partial charge >= 0.3 is 5.76 Å². The number of benzene rings is 2. The Hall–Kier alpha value is -2.63. The summed E-state index contributed by atoms with van der Waals surface area (Å²) in [7, 11) is -2.52. The average molecular weight is 436 g/mol. The predicted octanol–water partition coefficient (Wildman–Crippen LogP) is 4.92. The topological polar surface area (TPSA) is 44.4 Å². The monoisotopic (exact) mass is 435 g/mol. The molecule has 0 unspecified atom stereocenters. The van der Waals surface area contributed by atoms with Gasteiger partial charge < -0.3 is 8.84 Å². The van der Waals surface area contributed by atoms with Crippen LogP contribution in [0.2, 0.25) is 5.04 Å². The Balaban J connectivity index is 1.85. The van der Waals surface area contributed by atoms with Crippen molar-refractivity contribution in [2.45, 2.75) is 51.1 Å². The molecule has 0 amide bonds. The fourth-order valence-electron chi connectivity index (χ4n) is 4.42. The van der Waals surface area contributed by atoms with Gasteiger partial charge in [-0.05, 0) is 34.7 Å². The highest BCUT2D eigenvalue weighted by atomic mass is 28.4. The molecule has 2 aromatic carbocycles. The average Bonchev–Trinajstić information content (AvgIpc) is 3.19. The second kappa shape index (κ2) is 10.1. The van der Waals surface area contributed by atoms with Gasteiger partial charge in [0.05, 0.1) is 0 Å². The van der Waals surface area contributed by atoms with Crippen molar-refractivity contribution in [1.29, 1.82) is 0 Å². The molecule has 0 aliphatic carbocycles. The van der Waals surface area contributed by atoms with E-state index in [1.165, 1.54) is 16.6 Å². The summed E-state index contributed by atoms with van der Waals surface area (Å²) < 4.78 is 13.6. The van der Waals surface area contributed by atoms with Crippen molar-refractivity contribution in [1.82, 2.24) is 4.57 Å². The molecular weight excluding hydrogens is 402 g/mol. The van der Waals surface area contributed by atoms with E-state index < -0.39 is 8.32 Å². The van der Waals surface area contributed by atoms with Crippen molar-refractivity contribution < 1.29 is 8.84 Å². The fourth-order valence-corrected chi connectivity index (χ4v) is 9.02. The molecule has 0 aliphatic heterocycles. The summed E-state index contributed by atoms with van der Waals surface area (Å²) in [6, 6.07) is 21.4. The highest BCUT2D eigenvalue weighted by Gasteiger charge is 2.49. The first-order chi connectivity index (χ1) is 14.9. The highest BCUT2D eigenvalue weighted by Crippen LogP contribution is 2.37. The van der Waals surface area contributed by atoms with Crippen LogP contribution in [0.4, 0.5) is 0 Å². The molecule has 0 spiro atoms. The van der Waals surface area contributed by atoms with E-state index in [1.54, 1.807) is 10.8 Å². The lowest BCUT2D eigenvalue weighted by Gasteiger charge is -2.43. The summed E-state index contributed by atoms with van der Waals surface area (Å²) in [5.41, 5.74) is 0. The van der Waals surface area contributed by atoms with Gasteiger partial charge in [0.25, 0.3) is 8.32 Å². The molecule has 0 aliphatic rings. The summed E-state index contributed by atoms with van der Waals surface area (Å²) in [4.78, 5) is 12.0. The van der Waals surface area contributed by atoms with E-state index in [2.05, 4.69) is 88.0 Å². The minimum atomic E-state index is -2.52. The molecule has 3 aromatic rings. The van der Waals surface area contributed by atoms with E-state index in [9.17, 15) is 4.79 Å². The van der Waals surface area contributed by atoms with E-state index in [-0.39, 0.29) is 16.8 Å². The number of allylic oxidation sites excluding steroid dienone is 1. The quantitative estimate of drug-likeness (QED) is 0.258. The van der Waals surface area contributed by atoms with Crippen molar-refractivity contribution in [3.8, 4) is 0 Å². The van der Waals surface area contributed by atoms with Crippen LogP contribution in [0.3, 0.4) is 0 Å². The van der Waals surface area contributed by atoms with Crippen molar-refractivity contribution in [2.24, 2.45) is 0 Å². The van der Waals surface area contributed by atoms with Gasteiger partial charge in [0.2, 0.25) is 0 Å². The minimum Gasteiger partial charge on any atom is -0.416 e. The summed E-state index contributed by atoms with van der Waals surface area (Å²) in [5, 5.41) is 2.52. The zero-order valence-electron chi connectivity index (χ0n) is 18.8. The Bertz CT molecular complexity index is 963. The van der Waals surface area contributed by atoms with Gasteiger partial charge in [-0.25, -0.2) is 4.79 Å². The maximum Gasteiger partial charge on any atom is 0.419 e. The Morgan fingerprint density at radius 2 is 1.65 bits per heavy atom. The first-order valence-electron chi connectivity index (χ1n) is 10.9. The van der Waals surface area contributed by atoms with Gasteiger partial charge in [0.1, 0.15) is 6.26 Å². The summed E-state index contributed by atoms with van der Waals surface area (Å²) in [6.07, 6.45) is 7.40. The Kier molecular flexibility index (Phi) is 7.52. The summed E-state index contributed by atoms with van der Waals surface area (Å²) >= 11 is 0. The lowest BCUT2D eigenvalue weighted by atomic mass is 10.1. The smallest absolute Gasteiger partial charge is 0.416 e. The van der Waals surface area contributed by atoms with E-state index in [0.29, 0.717) is 6.61 Å². The first kappa shape index (κ1) is 23.0. The molecule has 0 N–H and O–H groups in total. The molecule has 0 radical (unpaired) electrons. The van der Waals surface area contributed by atoms with Gasteiger partial charge in [-0.2, -0.15) is 0 Å². The maximum atomic E-state index is 12.0. The first-order valence-corrected chi connectivity index (χ1v) is 12.8. The van der Waals surface area contributed by atoms with E-state index in [1.807, 2.05) is 6.08 Å². The van der Waals surface area contributed by atoms with Crippen LogP contribution in [0, 0.1) is 0 Å². The molecule has 0 bridgehead atoms. The largest absolute Gasteiger partial charge is 0.419 e. The summed E-state index contributed by atoms with van der Waals surface area (Å²) in [6.45, 7) is 11.3. The van der Waals surface area contributed by atoms with Crippen LogP contribution < -0.4 is 16.1 Å². The highest BCUT2D eigenvalue weighted by molar-refractivity contribution is 6.99. The van der Waals surface area contributed by atoms with Crippen LogP contribution in [0.5, 0.6) is 0 Å². The lowest BCUT2D eigenvalue weighted by molar-refractivity contribution is 0.273. The van der Waals surface area contributed by atoms with Crippen LogP contribution in [0.25, 0.3) is 0 Å². The minimum absolute atomic E-state index is 0.0338. The van der Waals surface area contributed by atoms with Crippen LogP contribution in [0.15, 0.2) is 95.0 Å². The maximum absolute atomic E-state index is 12.0. The van der Waals surface area contributed by atoms with Gasteiger partial charge in [-0.1, -0.05) is 87.5 Å². The molecule has 1 heterocycles. The number of rotatable bonds is 10. The number of hydrogen-bond acceptors (Lipinski definition) is 3. The molecule has 164 valence electrons. The normalized spacial score (nSPS) is 13.1. The van der Waals surface area contributed by atoms with Crippen LogP contribution in [0.1, 0.15) is 46.1 Å². The zero-order valence-corrected chi connectivity index (χ0v) is 19.8. The molecule has 1 atom stereocenters. The van der Waals surface area contributed by atoms with Gasteiger partial charge in [0, 0.05) is 18.8 Å². The van der Waals surface area contributed by atoms with Gasteiger partial charge in [-0.15, -0.1) is 6.58 Å². The van der Waals surface area contributed by atoms with E-state index >= 15 is 0 Å². The molecule has 0 saturated heterocycles. The Labute approximate surface area is 186 Å². The second-order valence-electron chi connectivity index (χ2n) is 8.91. The molecule has 1 aromatic heterocycles. The number of aromatic nitrogens is 1. The molecule has 4 nitrogen and oxygen atoms in total. The molecule has 3 rings (SSSR count). The summed E-state index contributed by atoms with van der Waals surface area (Å²) in [5.74, 6) is -0.320. The fraction of sp³-hybridized carbons (Fsp3) is 0.346. The number of nitrogens with zero attached hydrogens (tertiary/aromatic N) is 1. The predicted molar refractivity (Wildman–Crippen MR) is 130 cm³/mol. The molecule has 31 heavy (non-hydrogen) atoms. The molecular formula is C26H33NO3Si. The van der Waals surface area contributed by atoms with E-state index in [4.69, 9.17) is 8.84 Å². The Morgan fingerprint density at radius 1 is 1.06 bits per heavy atom. The third-order valence-electron chi connectivity index (χ3n) is 5.85. The number of hydrogen-bond donors (Lipinski definition) is 0. The SMILES string of the molecule is C=CC[C@@H](CCCO[Si](c1ccccc1)(c1ccccc1)C(C)(C)C)n1ccoc1=O. The number of oxazole rings is 1.